The van der Waals surface area contributed by atoms with Gasteiger partial charge in [0, 0.05) is 11.6 Å². The van der Waals surface area contributed by atoms with E-state index in [1.54, 1.807) is 11.6 Å². The maximum atomic E-state index is 10.9. The molecule has 19 heavy (non-hydrogen) atoms. The van der Waals surface area contributed by atoms with Gasteiger partial charge in [-0.15, -0.1) is 5.10 Å². The third-order valence-corrected chi connectivity index (χ3v) is 2.84. The fraction of sp³-hybridized carbons (Fsp3) is 0.0769. The van der Waals surface area contributed by atoms with Crippen molar-refractivity contribution in [3.05, 3.63) is 48.0 Å². The summed E-state index contributed by atoms with van der Waals surface area (Å²) in [5.41, 5.74) is 1.71. The predicted octanol–water partition coefficient (Wildman–Crippen LogP) is 2.32. The Kier molecular flexibility index (Phi) is 4.63. The quantitative estimate of drug-likeness (QED) is 0.484. The molecule has 0 aliphatic carbocycles. The van der Waals surface area contributed by atoms with Gasteiger partial charge in [-0.3, -0.25) is 0 Å². The fourth-order valence-electron chi connectivity index (χ4n) is 1.30. The van der Waals surface area contributed by atoms with Crippen LogP contribution in [-0.4, -0.2) is 28.3 Å². The Morgan fingerprint density at radius 3 is 2.84 bits per heavy atom. The lowest BCUT2D eigenvalue weighted by Gasteiger charge is -2.00. The minimum Gasteiger partial charge on any atom is -0.466 e. The molecule has 0 unspecified atom stereocenters. The van der Waals surface area contributed by atoms with E-state index in [0.29, 0.717) is 5.16 Å². The van der Waals surface area contributed by atoms with Gasteiger partial charge in [0.1, 0.15) is 0 Å². The van der Waals surface area contributed by atoms with E-state index in [2.05, 4.69) is 19.9 Å². The third-order valence-electron chi connectivity index (χ3n) is 2.19. The van der Waals surface area contributed by atoms with Crippen LogP contribution in [0.15, 0.2) is 53.2 Å². The summed E-state index contributed by atoms with van der Waals surface area (Å²) < 4.78 is 4.49. The third kappa shape index (κ3) is 3.89. The zero-order valence-corrected chi connectivity index (χ0v) is 11.0. The van der Waals surface area contributed by atoms with Crippen LogP contribution in [0.25, 0.3) is 11.3 Å². The minimum atomic E-state index is -0.417. The maximum absolute atomic E-state index is 10.9. The lowest BCUT2D eigenvalue weighted by molar-refractivity contribution is -0.134. The Morgan fingerprint density at radius 2 is 2.11 bits per heavy atom. The van der Waals surface area contributed by atoms with Gasteiger partial charge in [0.25, 0.3) is 0 Å². The van der Waals surface area contributed by atoms with Crippen molar-refractivity contribution in [2.75, 3.05) is 7.11 Å². The molecule has 2 rings (SSSR count). The van der Waals surface area contributed by atoms with Gasteiger partial charge in [-0.25, -0.2) is 9.78 Å². The summed E-state index contributed by atoms with van der Waals surface area (Å²) in [6.07, 6.45) is 2.91. The van der Waals surface area contributed by atoms with Crippen LogP contribution >= 0.6 is 11.8 Å². The summed E-state index contributed by atoms with van der Waals surface area (Å²) in [5, 5.41) is 9.82. The van der Waals surface area contributed by atoms with E-state index in [9.17, 15) is 4.79 Å². The van der Waals surface area contributed by atoms with Gasteiger partial charge >= 0.3 is 5.97 Å². The molecule has 2 aromatic rings. The second-order valence-corrected chi connectivity index (χ2v) is 4.31. The van der Waals surface area contributed by atoms with Crippen LogP contribution in [0.4, 0.5) is 0 Å². The van der Waals surface area contributed by atoms with E-state index in [1.807, 2.05) is 30.3 Å². The first kappa shape index (κ1) is 13.2. The molecule has 0 bridgehead atoms. The number of hydrogen-bond donors (Lipinski definition) is 0. The Hall–Kier alpha value is -2.21. The summed E-state index contributed by atoms with van der Waals surface area (Å²) in [4.78, 5) is 15.3. The van der Waals surface area contributed by atoms with Crippen molar-refractivity contribution in [2.24, 2.45) is 0 Å². The number of hydrogen-bond acceptors (Lipinski definition) is 6. The SMILES string of the molecule is COC(=O)C=CSc1nncc(-c2ccccc2)n1. The van der Waals surface area contributed by atoms with Crippen LogP contribution in [0.5, 0.6) is 0 Å². The average molecular weight is 273 g/mol. The zero-order chi connectivity index (χ0) is 13.5. The molecule has 0 spiro atoms. The minimum absolute atomic E-state index is 0.417. The molecule has 0 saturated heterocycles. The standard InChI is InChI=1S/C13H11N3O2S/c1-18-12(17)7-8-19-13-15-11(9-14-16-13)10-5-3-2-4-6-10/h2-9H,1H3. The van der Waals surface area contributed by atoms with Gasteiger partial charge in [-0.05, 0) is 5.41 Å². The fourth-order valence-corrected chi connectivity index (χ4v) is 1.85. The highest BCUT2D eigenvalue weighted by Gasteiger charge is 2.02. The van der Waals surface area contributed by atoms with Crippen molar-refractivity contribution in [3.8, 4) is 11.3 Å². The summed E-state index contributed by atoms with van der Waals surface area (Å²) in [7, 11) is 1.32. The first-order valence-corrected chi connectivity index (χ1v) is 6.34. The number of carbonyl (C=O) groups is 1. The lowest BCUT2D eigenvalue weighted by Crippen LogP contribution is -1.94. The highest BCUT2D eigenvalue weighted by Crippen LogP contribution is 2.19. The Bertz CT molecular complexity index is 587. The molecule has 0 aliphatic heterocycles. The number of carbonyl (C=O) groups excluding carboxylic acids is 1. The van der Waals surface area contributed by atoms with Gasteiger partial charge in [-0.2, -0.15) is 5.10 Å². The van der Waals surface area contributed by atoms with Crippen molar-refractivity contribution in [1.29, 1.82) is 0 Å². The number of nitrogens with zero attached hydrogens (tertiary/aromatic N) is 3. The molecule has 1 aromatic heterocycles. The molecule has 0 atom stereocenters. The maximum Gasteiger partial charge on any atom is 0.330 e. The largest absolute Gasteiger partial charge is 0.466 e. The highest BCUT2D eigenvalue weighted by atomic mass is 32.2. The Balaban J connectivity index is 2.12. The molecule has 1 aromatic carbocycles. The van der Waals surface area contributed by atoms with Crippen molar-refractivity contribution < 1.29 is 9.53 Å². The molecule has 0 radical (unpaired) electrons. The van der Waals surface area contributed by atoms with Gasteiger partial charge in [-0.1, -0.05) is 42.1 Å². The van der Waals surface area contributed by atoms with Crippen molar-refractivity contribution in [3.63, 3.8) is 0 Å². The van der Waals surface area contributed by atoms with E-state index in [-0.39, 0.29) is 0 Å². The molecule has 0 N–H and O–H groups in total. The number of methoxy groups -OCH3 is 1. The van der Waals surface area contributed by atoms with Crippen LogP contribution in [0.1, 0.15) is 0 Å². The average Bonchev–Trinajstić information content (AvgIpc) is 2.48. The number of rotatable bonds is 4. The zero-order valence-electron chi connectivity index (χ0n) is 10.2. The van der Waals surface area contributed by atoms with E-state index in [4.69, 9.17) is 0 Å². The molecule has 6 heteroatoms. The van der Waals surface area contributed by atoms with E-state index >= 15 is 0 Å². The molecular formula is C13H11N3O2S. The Labute approximate surface area is 114 Å². The number of thioether (sulfide) groups is 1. The van der Waals surface area contributed by atoms with Gasteiger partial charge in [0.2, 0.25) is 5.16 Å². The molecule has 1 heterocycles. The summed E-state index contributed by atoms with van der Waals surface area (Å²) in [6.45, 7) is 0. The number of esters is 1. The van der Waals surface area contributed by atoms with Crippen LogP contribution < -0.4 is 0 Å². The van der Waals surface area contributed by atoms with Crippen LogP contribution in [0, 0.1) is 0 Å². The molecule has 0 amide bonds. The highest BCUT2D eigenvalue weighted by molar-refractivity contribution is 8.02. The number of aromatic nitrogens is 3. The van der Waals surface area contributed by atoms with E-state index in [1.165, 1.54) is 24.9 Å². The number of benzene rings is 1. The van der Waals surface area contributed by atoms with Crippen LogP contribution in [0.2, 0.25) is 0 Å². The molecule has 96 valence electrons. The van der Waals surface area contributed by atoms with Crippen molar-refractivity contribution in [2.45, 2.75) is 5.16 Å². The monoisotopic (exact) mass is 273 g/mol. The van der Waals surface area contributed by atoms with Crippen LogP contribution in [0.3, 0.4) is 0 Å². The first-order chi connectivity index (χ1) is 9.29. The Morgan fingerprint density at radius 1 is 1.32 bits per heavy atom. The smallest absolute Gasteiger partial charge is 0.330 e. The van der Waals surface area contributed by atoms with Crippen LogP contribution in [-0.2, 0) is 9.53 Å². The predicted molar refractivity (Wildman–Crippen MR) is 72.3 cm³/mol. The lowest BCUT2D eigenvalue weighted by atomic mass is 10.2. The molecule has 0 aliphatic rings. The summed E-state index contributed by atoms with van der Waals surface area (Å²) in [6, 6.07) is 9.70. The van der Waals surface area contributed by atoms with Crippen molar-refractivity contribution >= 4 is 17.7 Å². The molecule has 0 saturated carbocycles. The molecule has 5 nitrogen and oxygen atoms in total. The van der Waals surface area contributed by atoms with Gasteiger partial charge in [0.15, 0.2) is 0 Å². The second-order valence-electron chi connectivity index (χ2n) is 3.43. The topological polar surface area (TPSA) is 65.0 Å². The summed E-state index contributed by atoms with van der Waals surface area (Å²) in [5.74, 6) is -0.417. The van der Waals surface area contributed by atoms with Gasteiger partial charge in [0.05, 0.1) is 19.0 Å². The molecule has 0 fully saturated rings. The van der Waals surface area contributed by atoms with Gasteiger partial charge < -0.3 is 4.74 Å². The van der Waals surface area contributed by atoms with Crippen molar-refractivity contribution in [1.82, 2.24) is 15.2 Å². The molecular weight excluding hydrogens is 262 g/mol. The summed E-state index contributed by atoms with van der Waals surface area (Å²) >= 11 is 1.21. The second kappa shape index (κ2) is 6.65. The van der Waals surface area contributed by atoms with E-state index in [0.717, 1.165) is 11.3 Å². The van der Waals surface area contributed by atoms with E-state index < -0.39 is 5.97 Å². The normalized spacial score (nSPS) is 10.6. The number of ether oxygens (including phenoxy) is 1. The first-order valence-electron chi connectivity index (χ1n) is 5.46.